The molecule has 3 rings (SSSR count). The number of halogens is 5. The van der Waals surface area contributed by atoms with E-state index in [4.69, 9.17) is 23.7 Å². The molecule has 0 amide bonds. The van der Waals surface area contributed by atoms with Crippen LogP contribution < -0.4 is 0 Å². The lowest BCUT2D eigenvalue weighted by Gasteiger charge is -2.54. The van der Waals surface area contributed by atoms with E-state index in [0.29, 0.717) is 32.1 Å². The van der Waals surface area contributed by atoms with Crippen LogP contribution in [0, 0.1) is 23.7 Å². The molecule has 0 aromatic carbocycles. The summed E-state index contributed by atoms with van der Waals surface area (Å²) in [6.45, 7) is 7.79. The quantitative estimate of drug-likeness (QED) is 0.135. The van der Waals surface area contributed by atoms with Gasteiger partial charge in [-0.2, -0.15) is 22.0 Å². The molecule has 3 fully saturated rings. The second kappa shape index (κ2) is 12.1. The van der Waals surface area contributed by atoms with E-state index in [1.54, 1.807) is 0 Å². The highest BCUT2D eigenvalue weighted by Gasteiger charge is 2.82. The first-order valence-corrected chi connectivity index (χ1v) is 13.5. The van der Waals surface area contributed by atoms with Crippen LogP contribution in [0.15, 0.2) is 12.7 Å². The molecule has 0 spiro atoms. The molecule has 6 nitrogen and oxygen atoms in total. The maximum Gasteiger partial charge on any atom is 0.450 e. The topological polar surface area (TPSA) is 63.2 Å². The number of carbonyl (C=O) groups excluding carboxylic acids is 1. The molecular formula is C27H41F5O6. The highest BCUT2D eigenvalue weighted by atomic mass is 19.4. The van der Waals surface area contributed by atoms with Crippen molar-refractivity contribution in [3.05, 3.63) is 12.7 Å². The van der Waals surface area contributed by atoms with E-state index in [1.807, 2.05) is 20.8 Å². The fourth-order valence-electron chi connectivity index (χ4n) is 5.89. The Morgan fingerprint density at radius 3 is 2.34 bits per heavy atom. The summed E-state index contributed by atoms with van der Waals surface area (Å²) in [5.41, 5.74) is -2.90. The lowest BCUT2D eigenvalue weighted by molar-refractivity contribution is -0.540. The molecule has 38 heavy (non-hydrogen) atoms. The SMILES string of the molecule is C=CC(=O)OCC1(C)OC(C2CCCCC2)OC(OCOC2CC(C)CCC2C(C)C)(C(F)(F)F)C1(F)F. The second-order valence-corrected chi connectivity index (χ2v) is 11.5. The molecule has 2 saturated carbocycles. The van der Waals surface area contributed by atoms with Crippen molar-refractivity contribution in [2.75, 3.05) is 13.4 Å². The number of hydrogen-bond acceptors (Lipinski definition) is 6. The van der Waals surface area contributed by atoms with Gasteiger partial charge < -0.3 is 23.7 Å². The molecule has 1 aliphatic heterocycles. The van der Waals surface area contributed by atoms with Crippen molar-refractivity contribution >= 4 is 5.97 Å². The predicted octanol–water partition coefficient (Wildman–Crippen LogP) is 6.77. The number of ether oxygens (including phenoxy) is 5. The van der Waals surface area contributed by atoms with Gasteiger partial charge in [0.05, 0.1) is 6.10 Å². The van der Waals surface area contributed by atoms with Crippen LogP contribution in [0.4, 0.5) is 22.0 Å². The first-order valence-electron chi connectivity index (χ1n) is 13.5. The van der Waals surface area contributed by atoms with Gasteiger partial charge in [0.15, 0.2) is 18.7 Å². The van der Waals surface area contributed by atoms with Gasteiger partial charge in [-0.25, -0.2) is 4.79 Å². The molecule has 6 atom stereocenters. The zero-order valence-corrected chi connectivity index (χ0v) is 22.7. The minimum Gasteiger partial charge on any atom is -0.459 e. The monoisotopic (exact) mass is 556 g/mol. The third-order valence-corrected chi connectivity index (χ3v) is 8.31. The van der Waals surface area contributed by atoms with Gasteiger partial charge in [-0.15, -0.1) is 0 Å². The Hall–Kier alpha value is -1.30. The zero-order valence-electron chi connectivity index (χ0n) is 22.7. The van der Waals surface area contributed by atoms with Gasteiger partial charge in [0.1, 0.15) is 6.61 Å². The standard InChI is InChI=1S/C27H41F5O6/c1-6-22(33)34-15-24(5)25(28,29)26(27(30,31)32,38-23(37-24)19-10-8-7-9-11-19)36-16-35-21-14-18(4)12-13-20(21)17(2)3/h6,17-21,23H,1,7-16H2,2-5H3. The Balaban J connectivity index is 1.93. The number of carbonyl (C=O) groups is 1. The molecule has 0 aromatic heterocycles. The predicted molar refractivity (Wildman–Crippen MR) is 128 cm³/mol. The van der Waals surface area contributed by atoms with Crippen LogP contribution in [-0.2, 0) is 28.5 Å². The van der Waals surface area contributed by atoms with Crippen LogP contribution in [0.1, 0.15) is 79.1 Å². The summed E-state index contributed by atoms with van der Waals surface area (Å²) in [5.74, 6) is -10.3. The second-order valence-electron chi connectivity index (χ2n) is 11.5. The van der Waals surface area contributed by atoms with Crippen LogP contribution in [0.5, 0.6) is 0 Å². The maximum absolute atomic E-state index is 16.0. The molecule has 0 radical (unpaired) electrons. The number of alkyl halides is 5. The third-order valence-electron chi connectivity index (χ3n) is 8.31. The van der Waals surface area contributed by atoms with Crippen molar-refractivity contribution < 1.29 is 50.4 Å². The van der Waals surface area contributed by atoms with Crippen LogP contribution >= 0.6 is 0 Å². The molecule has 2 aliphatic carbocycles. The molecule has 0 N–H and O–H groups in total. The number of rotatable bonds is 9. The molecule has 1 heterocycles. The summed E-state index contributed by atoms with van der Waals surface area (Å²) in [6.07, 6.45) is -1.49. The highest BCUT2D eigenvalue weighted by molar-refractivity contribution is 5.81. The lowest BCUT2D eigenvalue weighted by Crippen LogP contribution is -2.77. The first-order chi connectivity index (χ1) is 17.7. The smallest absolute Gasteiger partial charge is 0.450 e. The van der Waals surface area contributed by atoms with Crippen molar-refractivity contribution in [2.45, 2.75) is 115 Å². The van der Waals surface area contributed by atoms with E-state index in [-0.39, 0.29) is 17.8 Å². The van der Waals surface area contributed by atoms with Gasteiger partial charge in [0, 0.05) is 12.0 Å². The summed E-state index contributed by atoms with van der Waals surface area (Å²) >= 11 is 0. The zero-order chi connectivity index (χ0) is 28.4. The van der Waals surface area contributed by atoms with Gasteiger partial charge in [-0.1, -0.05) is 53.0 Å². The minimum absolute atomic E-state index is 0.0614. The maximum atomic E-state index is 16.0. The van der Waals surface area contributed by atoms with E-state index in [2.05, 4.69) is 6.58 Å². The van der Waals surface area contributed by atoms with Gasteiger partial charge in [0.25, 0.3) is 0 Å². The molecule has 6 unspecified atom stereocenters. The Morgan fingerprint density at radius 2 is 1.76 bits per heavy atom. The fourth-order valence-corrected chi connectivity index (χ4v) is 5.89. The Labute approximate surface area is 221 Å². The van der Waals surface area contributed by atoms with Gasteiger partial charge in [-0.05, 0) is 50.4 Å². The summed E-state index contributed by atoms with van der Waals surface area (Å²) in [7, 11) is 0. The van der Waals surface area contributed by atoms with E-state index < -0.39 is 61.2 Å². The van der Waals surface area contributed by atoms with Crippen molar-refractivity contribution in [2.24, 2.45) is 23.7 Å². The van der Waals surface area contributed by atoms with E-state index in [9.17, 15) is 18.0 Å². The highest BCUT2D eigenvalue weighted by Crippen LogP contribution is 2.57. The Bertz CT molecular complexity index is 814. The lowest BCUT2D eigenvalue weighted by atomic mass is 9.75. The van der Waals surface area contributed by atoms with Gasteiger partial charge in [-0.3, -0.25) is 0 Å². The molecular weight excluding hydrogens is 515 g/mol. The molecule has 0 bridgehead atoms. The Morgan fingerprint density at radius 1 is 1.11 bits per heavy atom. The van der Waals surface area contributed by atoms with Gasteiger partial charge >= 0.3 is 23.9 Å². The number of hydrogen-bond donors (Lipinski definition) is 0. The van der Waals surface area contributed by atoms with Crippen LogP contribution in [-0.4, -0.2) is 55.3 Å². The van der Waals surface area contributed by atoms with Crippen LogP contribution in [0.3, 0.4) is 0 Å². The molecule has 1 saturated heterocycles. The molecule has 3 aliphatic rings. The van der Waals surface area contributed by atoms with Crippen LogP contribution in [0.2, 0.25) is 0 Å². The van der Waals surface area contributed by atoms with Gasteiger partial charge in [0.2, 0.25) is 0 Å². The first kappa shape index (κ1) is 31.2. The average Bonchev–Trinajstić information content (AvgIpc) is 2.85. The Kier molecular flexibility index (Phi) is 9.91. The normalized spacial score (nSPS) is 36.7. The van der Waals surface area contributed by atoms with Crippen molar-refractivity contribution in [1.82, 2.24) is 0 Å². The number of esters is 1. The van der Waals surface area contributed by atoms with E-state index >= 15 is 8.78 Å². The summed E-state index contributed by atoms with van der Waals surface area (Å²) < 4.78 is 102. The molecule has 11 heteroatoms. The minimum atomic E-state index is -5.67. The van der Waals surface area contributed by atoms with Crippen molar-refractivity contribution in [1.29, 1.82) is 0 Å². The van der Waals surface area contributed by atoms with E-state index in [0.717, 1.165) is 32.3 Å². The summed E-state index contributed by atoms with van der Waals surface area (Å²) in [5, 5.41) is 0. The van der Waals surface area contributed by atoms with E-state index in [1.165, 1.54) is 0 Å². The van der Waals surface area contributed by atoms with Crippen molar-refractivity contribution in [3.8, 4) is 0 Å². The molecule has 0 aromatic rings. The van der Waals surface area contributed by atoms with Crippen LogP contribution in [0.25, 0.3) is 0 Å². The fraction of sp³-hybridized carbons (Fsp3) is 0.889. The third kappa shape index (κ3) is 6.20. The summed E-state index contributed by atoms with van der Waals surface area (Å²) in [6, 6.07) is 0. The van der Waals surface area contributed by atoms with Crippen molar-refractivity contribution in [3.63, 3.8) is 0 Å². The summed E-state index contributed by atoms with van der Waals surface area (Å²) in [4.78, 5) is 11.7. The molecule has 220 valence electrons. The average molecular weight is 557 g/mol. The largest absolute Gasteiger partial charge is 0.459 e.